The molecule has 0 aromatic rings. The predicted octanol–water partition coefficient (Wildman–Crippen LogP) is -2.17. The molecule has 0 unspecified atom stereocenters. The van der Waals surface area contributed by atoms with Crippen molar-refractivity contribution in [3.63, 3.8) is 0 Å². The minimum atomic E-state index is -1.10. The Balaban J connectivity index is 1.62. The monoisotopic (exact) mass is 405 g/mol. The molecule has 12 heteroatoms. The number of imide groups is 3. The van der Waals surface area contributed by atoms with Gasteiger partial charge in [-0.15, -0.1) is 5.06 Å². The normalized spacial score (nSPS) is 19.0. The first-order valence-electron chi connectivity index (χ1n) is 8.51. The largest absolute Gasteiger partial charge is 0.363 e. The van der Waals surface area contributed by atoms with E-state index < -0.39 is 54.1 Å². The van der Waals surface area contributed by atoms with Crippen molar-refractivity contribution in [2.24, 2.45) is 0 Å². The maximum atomic E-state index is 11.9. The maximum absolute atomic E-state index is 11.9. The number of hydrogen-bond acceptors (Lipinski definition) is 9. The zero-order valence-corrected chi connectivity index (χ0v) is 14.9. The number of carbonyl (C=O) groups excluding carboxylic acids is 7. The molecule has 1 fully saturated rings. The highest BCUT2D eigenvalue weighted by molar-refractivity contribution is 6.13. The fourth-order valence-electron chi connectivity index (χ4n) is 2.76. The zero-order valence-electron chi connectivity index (χ0n) is 14.9. The molecule has 3 heterocycles. The molecule has 0 aromatic carbocycles. The molecule has 3 aliphatic rings. The van der Waals surface area contributed by atoms with Gasteiger partial charge in [0.25, 0.3) is 35.4 Å². The van der Waals surface area contributed by atoms with Crippen molar-refractivity contribution in [2.45, 2.75) is 18.9 Å². The first-order chi connectivity index (χ1) is 13.8. The Morgan fingerprint density at radius 2 is 1.21 bits per heavy atom. The quantitative estimate of drug-likeness (QED) is 0.411. The Kier molecular flexibility index (Phi) is 5.64. The maximum Gasteiger partial charge on any atom is 0.358 e. The van der Waals surface area contributed by atoms with E-state index in [4.69, 9.17) is 4.74 Å². The Morgan fingerprint density at radius 1 is 0.793 bits per heavy atom. The highest BCUT2D eigenvalue weighted by Gasteiger charge is 2.34. The Labute approximate surface area is 163 Å². The van der Waals surface area contributed by atoms with Crippen molar-refractivity contribution in [2.75, 3.05) is 19.7 Å². The van der Waals surface area contributed by atoms with E-state index in [1.807, 2.05) is 0 Å². The summed E-state index contributed by atoms with van der Waals surface area (Å²) in [6.07, 6.45) is 2.94. The van der Waals surface area contributed by atoms with E-state index in [-0.39, 0.29) is 25.9 Å². The summed E-state index contributed by atoms with van der Waals surface area (Å²) in [4.78, 5) is 88.2. The highest BCUT2D eigenvalue weighted by atomic mass is 16.7. The van der Waals surface area contributed by atoms with Gasteiger partial charge in [0.2, 0.25) is 0 Å². The Bertz CT molecular complexity index is 779. The van der Waals surface area contributed by atoms with E-state index in [1.54, 1.807) is 0 Å². The van der Waals surface area contributed by atoms with E-state index in [1.165, 1.54) is 0 Å². The van der Waals surface area contributed by atoms with Crippen molar-refractivity contribution < 1.29 is 43.1 Å². The lowest BCUT2D eigenvalue weighted by Crippen LogP contribution is -2.46. The van der Waals surface area contributed by atoms with Crippen LogP contribution >= 0.6 is 0 Å². The van der Waals surface area contributed by atoms with Gasteiger partial charge < -0.3 is 9.57 Å². The number of hydrogen-bond donors (Lipinski definition) is 0. The summed E-state index contributed by atoms with van der Waals surface area (Å²) in [5.74, 6) is -4.87. The minimum absolute atomic E-state index is 0.0754. The lowest BCUT2D eigenvalue weighted by Gasteiger charge is -2.26. The summed E-state index contributed by atoms with van der Waals surface area (Å²) in [6, 6.07) is 0. The summed E-state index contributed by atoms with van der Waals surface area (Å²) < 4.78 is 5.33. The second-order valence-corrected chi connectivity index (χ2v) is 6.22. The molecule has 12 nitrogen and oxygen atoms in total. The van der Waals surface area contributed by atoms with Crippen LogP contribution < -0.4 is 0 Å². The van der Waals surface area contributed by atoms with Crippen LogP contribution in [0.25, 0.3) is 0 Å². The molecule has 0 saturated carbocycles. The SMILES string of the molecule is O=C(COC(CN1C(=O)C=CC1=O)CN1C(=O)C=CC1=O)ON1C(=O)CCC1=O. The second kappa shape index (κ2) is 8.14. The van der Waals surface area contributed by atoms with Crippen LogP contribution in [0.4, 0.5) is 0 Å². The minimum Gasteiger partial charge on any atom is -0.363 e. The summed E-state index contributed by atoms with van der Waals surface area (Å²) in [6.45, 7) is -1.43. The molecule has 6 amide bonds. The van der Waals surface area contributed by atoms with Gasteiger partial charge in [-0.25, -0.2) is 4.79 Å². The number of ether oxygens (including phenoxy) is 1. The highest BCUT2D eigenvalue weighted by Crippen LogP contribution is 2.14. The van der Waals surface area contributed by atoms with E-state index >= 15 is 0 Å². The smallest absolute Gasteiger partial charge is 0.358 e. The van der Waals surface area contributed by atoms with Crippen molar-refractivity contribution in [3.05, 3.63) is 24.3 Å². The van der Waals surface area contributed by atoms with Crippen LogP contribution in [-0.4, -0.2) is 82.1 Å². The average Bonchev–Trinajstić information content (AvgIpc) is 3.28. The van der Waals surface area contributed by atoms with Gasteiger partial charge in [-0.1, -0.05) is 0 Å². The average molecular weight is 405 g/mol. The van der Waals surface area contributed by atoms with Crippen molar-refractivity contribution in [3.8, 4) is 0 Å². The fourth-order valence-corrected chi connectivity index (χ4v) is 2.76. The van der Waals surface area contributed by atoms with E-state index in [0.29, 0.717) is 5.06 Å². The van der Waals surface area contributed by atoms with Gasteiger partial charge in [0.1, 0.15) is 6.61 Å². The topological polar surface area (TPSA) is 148 Å². The number of amides is 6. The molecule has 1 saturated heterocycles. The van der Waals surface area contributed by atoms with Crippen LogP contribution in [0.1, 0.15) is 12.8 Å². The second-order valence-electron chi connectivity index (χ2n) is 6.22. The molecule has 0 spiro atoms. The standard InChI is InChI=1S/C17H15N3O9/c21-11-1-2-12(22)18(11)7-10(8-19-13(23)3-4-14(19)24)28-9-17(27)29-20-15(25)5-6-16(20)26/h1-4,10H,5-9H2. The molecule has 0 aliphatic carbocycles. The zero-order chi connectivity index (χ0) is 21.1. The third-order valence-corrected chi connectivity index (χ3v) is 4.21. The van der Waals surface area contributed by atoms with Crippen LogP contribution in [0.5, 0.6) is 0 Å². The van der Waals surface area contributed by atoms with Crippen LogP contribution in [-0.2, 0) is 43.1 Å². The van der Waals surface area contributed by atoms with Crippen molar-refractivity contribution in [1.82, 2.24) is 14.9 Å². The Hall–Kier alpha value is -3.67. The van der Waals surface area contributed by atoms with E-state index in [2.05, 4.69) is 4.84 Å². The molecular weight excluding hydrogens is 390 g/mol. The molecule has 0 aromatic heterocycles. The van der Waals surface area contributed by atoms with Gasteiger partial charge in [0, 0.05) is 37.1 Å². The van der Waals surface area contributed by atoms with E-state index in [9.17, 15) is 33.6 Å². The summed E-state index contributed by atoms with van der Waals surface area (Å²) in [5.41, 5.74) is 0. The van der Waals surface area contributed by atoms with Gasteiger partial charge in [0.15, 0.2) is 0 Å². The first-order valence-corrected chi connectivity index (χ1v) is 8.51. The third kappa shape index (κ3) is 4.43. The molecule has 0 bridgehead atoms. The third-order valence-electron chi connectivity index (χ3n) is 4.21. The lowest BCUT2D eigenvalue weighted by molar-refractivity contribution is -0.201. The van der Waals surface area contributed by atoms with Crippen LogP contribution in [0.3, 0.4) is 0 Å². The van der Waals surface area contributed by atoms with Crippen LogP contribution in [0.2, 0.25) is 0 Å². The first kappa shape index (κ1) is 20.1. The number of nitrogens with zero attached hydrogens (tertiary/aromatic N) is 3. The number of hydroxylamine groups is 2. The van der Waals surface area contributed by atoms with Gasteiger partial charge in [0.05, 0.1) is 19.2 Å². The van der Waals surface area contributed by atoms with Gasteiger partial charge >= 0.3 is 5.97 Å². The summed E-state index contributed by atoms with van der Waals surface area (Å²) in [5, 5.41) is 0.343. The molecule has 152 valence electrons. The van der Waals surface area contributed by atoms with E-state index in [0.717, 1.165) is 34.1 Å². The fraction of sp³-hybridized carbons (Fsp3) is 0.353. The molecule has 0 atom stereocenters. The van der Waals surface area contributed by atoms with Crippen LogP contribution in [0.15, 0.2) is 24.3 Å². The molecule has 0 radical (unpaired) electrons. The Morgan fingerprint density at radius 3 is 1.62 bits per heavy atom. The summed E-state index contributed by atoms with van der Waals surface area (Å²) in [7, 11) is 0. The van der Waals surface area contributed by atoms with Crippen molar-refractivity contribution in [1.29, 1.82) is 0 Å². The number of rotatable bonds is 8. The molecule has 0 N–H and O–H groups in total. The molecule has 29 heavy (non-hydrogen) atoms. The number of carbonyl (C=O) groups is 7. The molecular formula is C17H15N3O9. The molecule has 3 rings (SSSR count). The van der Waals surface area contributed by atoms with Gasteiger partial charge in [-0.3, -0.25) is 38.6 Å². The van der Waals surface area contributed by atoms with Crippen LogP contribution in [0, 0.1) is 0 Å². The molecule has 3 aliphatic heterocycles. The summed E-state index contributed by atoms with van der Waals surface area (Å²) >= 11 is 0. The predicted molar refractivity (Wildman–Crippen MR) is 88.6 cm³/mol. The van der Waals surface area contributed by atoms with Gasteiger partial charge in [-0.05, 0) is 0 Å². The van der Waals surface area contributed by atoms with Crippen molar-refractivity contribution >= 4 is 41.4 Å². The van der Waals surface area contributed by atoms with Gasteiger partial charge in [-0.2, -0.15) is 0 Å². The lowest BCUT2D eigenvalue weighted by atomic mass is 10.3.